The highest BCUT2D eigenvalue weighted by molar-refractivity contribution is 7.89. The first-order valence-electron chi connectivity index (χ1n) is 13.8. The van der Waals surface area contributed by atoms with E-state index in [1.54, 1.807) is 41.3 Å². The Morgan fingerprint density at radius 3 is 2.46 bits per heavy atom. The van der Waals surface area contributed by atoms with Crippen molar-refractivity contribution in [1.29, 1.82) is 0 Å². The van der Waals surface area contributed by atoms with Gasteiger partial charge in [0.2, 0.25) is 5.91 Å². The molecule has 0 aromatic heterocycles. The van der Waals surface area contributed by atoms with Gasteiger partial charge in [0.1, 0.15) is 0 Å². The van der Waals surface area contributed by atoms with Gasteiger partial charge in [-0.1, -0.05) is 53.7 Å². The Kier molecular flexibility index (Phi) is 10.9. The summed E-state index contributed by atoms with van der Waals surface area (Å²) in [6.45, 7) is 1.49. The lowest BCUT2D eigenvalue weighted by molar-refractivity contribution is -0.145. The fraction of sp³-hybridized carbons (Fsp3) is 0.500. The van der Waals surface area contributed by atoms with Crippen molar-refractivity contribution in [3.05, 3.63) is 60.2 Å². The van der Waals surface area contributed by atoms with Crippen molar-refractivity contribution in [2.24, 2.45) is 0 Å². The zero-order valence-corrected chi connectivity index (χ0v) is 23.7. The number of nitrogens with zero attached hydrogens (tertiary/aromatic N) is 2. The number of sulfonamides is 1. The Hall–Kier alpha value is -3.23. The third kappa shape index (κ3) is 8.88. The molecule has 4 rings (SSSR count). The van der Waals surface area contributed by atoms with Crippen LogP contribution in [-0.2, 0) is 30.8 Å². The maximum absolute atomic E-state index is 13.8. The van der Waals surface area contributed by atoms with Gasteiger partial charge in [-0.15, -0.1) is 0 Å². The predicted octanol–water partition coefficient (Wildman–Crippen LogP) is 2.06. The molecule has 2 aromatic rings. The molecule has 0 radical (unpaired) electrons. The van der Waals surface area contributed by atoms with Crippen LogP contribution in [0.3, 0.4) is 0 Å². The Morgan fingerprint density at radius 1 is 1.07 bits per heavy atom. The van der Waals surface area contributed by atoms with Gasteiger partial charge in [0.15, 0.2) is 0 Å². The van der Waals surface area contributed by atoms with Gasteiger partial charge in [-0.25, -0.2) is 13.2 Å². The first kappa shape index (κ1) is 30.7. The Balaban J connectivity index is 1.51. The molecule has 1 saturated carbocycles. The molecule has 2 amide bonds. The summed E-state index contributed by atoms with van der Waals surface area (Å²) >= 11 is 0. The number of morpholine rings is 1. The number of ether oxygens (including phenoxy) is 1. The van der Waals surface area contributed by atoms with Gasteiger partial charge in [-0.05, 0) is 43.0 Å². The predicted molar refractivity (Wildman–Crippen MR) is 151 cm³/mol. The van der Waals surface area contributed by atoms with Crippen LogP contribution in [0.15, 0.2) is 59.5 Å². The Morgan fingerprint density at radius 2 is 1.78 bits per heavy atom. The van der Waals surface area contributed by atoms with Crippen LogP contribution in [0.25, 0.3) is 0 Å². The topological polar surface area (TPSA) is 158 Å². The van der Waals surface area contributed by atoms with Crippen LogP contribution in [0, 0.1) is 0 Å². The summed E-state index contributed by atoms with van der Waals surface area (Å²) in [6.07, 6.45) is 0.217. The molecule has 224 valence electrons. The second-order valence-electron chi connectivity index (χ2n) is 10.2. The van der Waals surface area contributed by atoms with Gasteiger partial charge in [-0.3, -0.25) is 9.63 Å². The van der Waals surface area contributed by atoms with Crippen molar-refractivity contribution < 1.29 is 37.8 Å². The van der Waals surface area contributed by atoms with E-state index in [0.29, 0.717) is 44.8 Å². The van der Waals surface area contributed by atoms with Crippen LogP contribution in [0.1, 0.15) is 31.2 Å². The molecule has 1 aliphatic heterocycles. The van der Waals surface area contributed by atoms with Crippen molar-refractivity contribution in [3.8, 4) is 0 Å². The zero-order chi connectivity index (χ0) is 29.2. The van der Waals surface area contributed by atoms with Gasteiger partial charge in [0.05, 0.1) is 49.4 Å². The number of rotatable bonds is 13. The molecule has 13 heteroatoms. The van der Waals surface area contributed by atoms with E-state index in [4.69, 9.17) is 9.57 Å². The summed E-state index contributed by atoms with van der Waals surface area (Å²) in [5, 5.41) is 25.8. The number of amides is 2. The number of aliphatic hydroxyl groups excluding tert-OH is 1. The first-order chi connectivity index (χ1) is 19.7. The molecule has 0 spiro atoms. The van der Waals surface area contributed by atoms with E-state index in [-0.39, 0.29) is 29.9 Å². The summed E-state index contributed by atoms with van der Waals surface area (Å²) < 4.78 is 33.7. The van der Waals surface area contributed by atoms with Gasteiger partial charge in [0, 0.05) is 18.8 Å². The van der Waals surface area contributed by atoms with Crippen LogP contribution < -0.4 is 10.6 Å². The molecule has 4 N–H and O–H groups in total. The minimum Gasteiger partial charge on any atom is -0.465 e. The summed E-state index contributed by atoms with van der Waals surface area (Å²) in [5.74, 6) is -0.119. The fourth-order valence-corrected chi connectivity index (χ4v) is 6.28. The van der Waals surface area contributed by atoms with Crippen molar-refractivity contribution in [2.45, 2.75) is 55.2 Å². The Labute approximate surface area is 240 Å². The smallest absolute Gasteiger partial charge is 0.404 e. The normalized spacial score (nSPS) is 17.8. The number of hydroxylamine groups is 1. The molecular formula is C28H38N4O8S. The van der Waals surface area contributed by atoms with Gasteiger partial charge in [0.25, 0.3) is 10.0 Å². The fourth-order valence-electron chi connectivity index (χ4n) is 4.93. The van der Waals surface area contributed by atoms with Crippen LogP contribution in [-0.4, -0.2) is 97.6 Å². The van der Waals surface area contributed by atoms with E-state index in [0.717, 1.165) is 22.9 Å². The van der Waals surface area contributed by atoms with Crippen LogP contribution in [0.2, 0.25) is 0 Å². The number of carboxylic acid groups (broad SMARTS) is 1. The third-order valence-corrected chi connectivity index (χ3v) is 8.81. The number of carbonyl (C=O) groups excluding carboxylic acids is 1. The number of hydrogen-bond acceptors (Lipinski definition) is 8. The van der Waals surface area contributed by atoms with Crippen molar-refractivity contribution in [3.63, 3.8) is 0 Å². The van der Waals surface area contributed by atoms with Gasteiger partial charge >= 0.3 is 6.09 Å². The van der Waals surface area contributed by atoms with Crippen LogP contribution in [0.4, 0.5) is 10.5 Å². The van der Waals surface area contributed by atoms with E-state index in [2.05, 4.69) is 10.6 Å². The second-order valence-corrected chi connectivity index (χ2v) is 12.0. The number of benzene rings is 2. The molecule has 2 aliphatic rings. The number of aliphatic hydroxyl groups is 1. The van der Waals surface area contributed by atoms with E-state index < -0.39 is 34.8 Å². The lowest BCUT2D eigenvalue weighted by atomic mass is 10.0. The standard InChI is InChI=1S/C28H38N4O8S/c33-26(25(30-28(35)36)17-21-7-2-1-3-8-21)20-32(40-23-10-4-5-11-23)41(37,38)24-12-6-9-22(18-24)29-19-27(34)31-13-15-39-16-14-31/h1-3,6-9,12,18,23,25-26,29-30,33H,4-5,10-11,13-17,19-20H2,(H,35,36)/t25-,26+/m0/s1. The van der Waals surface area contributed by atoms with E-state index in [1.807, 2.05) is 6.07 Å². The average molecular weight is 591 g/mol. The summed E-state index contributed by atoms with van der Waals surface area (Å²) in [5.41, 5.74) is 1.21. The SMILES string of the molecule is O=C(O)N[C@@H](Cc1ccccc1)[C@H](O)CN(OC1CCCC1)S(=O)(=O)c1cccc(NCC(=O)N2CCOCC2)c1. The number of anilines is 1. The van der Waals surface area contributed by atoms with E-state index in [1.165, 1.54) is 12.1 Å². The Bertz CT molecular complexity index is 1250. The molecule has 2 fully saturated rings. The van der Waals surface area contributed by atoms with E-state index in [9.17, 15) is 28.2 Å². The molecule has 2 aromatic carbocycles. The molecule has 12 nitrogen and oxygen atoms in total. The monoisotopic (exact) mass is 590 g/mol. The maximum atomic E-state index is 13.8. The molecule has 41 heavy (non-hydrogen) atoms. The minimum absolute atomic E-state index is 0.00741. The lowest BCUT2D eigenvalue weighted by Gasteiger charge is -2.30. The minimum atomic E-state index is -4.28. The number of carbonyl (C=O) groups is 2. The maximum Gasteiger partial charge on any atom is 0.404 e. The molecule has 0 bridgehead atoms. The van der Waals surface area contributed by atoms with Crippen molar-refractivity contribution >= 4 is 27.7 Å². The quantitative estimate of drug-likeness (QED) is 0.256. The zero-order valence-electron chi connectivity index (χ0n) is 22.9. The number of nitrogens with one attached hydrogen (secondary N) is 2. The third-order valence-electron chi connectivity index (χ3n) is 7.18. The second kappa shape index (κ2) is 14.6. The summed E-state index contributed by atoms with van der Waals surface area (Å²) in [6, 6.07) is 14.1. The summed E-state index contributed by atoms with van der Waals surface area (Å²) in [4.78, 5) is 31.6. The first-order valence-corrected chi connectivity index (χ1v) is 15.3. The largest absolute Gasteiger partial charge is 0.465 e. The molecular weight excluding hydrogens is 552 g/mol. The van der Waals surface area contributed by atoms with Crippen molar-refractivity contribution in [2.75, 3.05) is 44.7 Å². The van der Waals surface area contributed by atoms with Gasteiger partial charge < -0.3 is 30.5 Å². The summed E-state index contributed by atoms with van der Waals surface area (Å²) in [7, 11) is -4.28. The molecule has 1 heterocycles. The highest BCUT2D eigenvalue weighted by Crippen LogP contribution is 2.27. The lowest BCUT2D eigenvalue weighted by Crippen LogP contribution is -2.50. The highest BCUT2D eigenvalue weighted by atomic mass is 32.2. The van der Waals surface area contributed by atoms with Gasteiger partial charge in [-0.2, -0.15) is 0 Å². The molecule has 1 aliphatic carbocycles. The highest BCUT2D eigenvalue weighted by Gasteiger charge is 2.34. The molecule has 2 atom stereocenters. The molecule has 0 unspecified atom stereocenters. The van der Waals surface area contributed by atoms with Crippen LogP contribution in [0.5, 0.6) is 0 Å². The molecule has 1 saturated heterocycles. The number of hydrogen-bond donors (Lipinski definition) is 4. The van der Waals surface area contributed by atoms with Crippen LogP contribution >= 0.6 is 0 Å². The van der Waals surface area contributed by atoms with Crippen molar-refractivity contribution in [1.82, 2.24) is 14.7 Å². The van der Waals surface area contributed by atoms with E-state index >= 15 is 0 Å². The average Bonchev–Trinajstić information content (AvgIpc) is 3.49.